The first-order chi connectivity index (χ1) is 10.2. The third-order valence-electron chi connectivity index (χ3n) is 2.14. The average Bonchev–Trinajstić information content (AvgIpc) is 3.04. The molecule has 0 aliphatic rings. The summed E-state index contributed by atoms with van der Waals surface area (Å²) in [6, 6.07) is 1.76. The van der Waals surface area contributed by atoms with E-state index in [0.717, 1.165) is 22.3 Å². The van der Waals surface area contributed by atoms with Crippen LogP contribution in [0.25, 0.3) is 0 Å². The Bertz CT molecular complexity index is 652. The van der Waals surface area contributed by atoms with Gasteiger partial charge in [0.2, 0.25) is 11.4 Å². The lowest BCUT2D eigenvalue weighted by atomic mass is 10.4. The van der Waals surface area contributed by atoms with Crippen molar-refractivity contribution in [1.82, 2.24) is 9.53 Å². The van der Waals surface area contributed by atoms with Crippen LogP contribution < -0.4 is 0 Å². The van der Waals surface area contributed by atoms with Gasteiger partial charge in [0, 0.05) is 6.07 Å². The van der Waals surface area contributed by atoms with Gasteiger partial charge in [0.05, 0.1) is 6.61 Å². The van der Waals surface area contributed by atoms with Crippen molar-refractivity contribution in [3.63, 3.8) is 0 Å². The fourth-order valence-corrected chi connectivity index (χ4v) is 2.68. The summed E-state index contributed by atoms with van der Waals surface area (Å²) in [6.07, 6.45) is 0. The van der Waals surface area contributed by atoms with E-state index in [1.54, 1.807) is 24.8 Å². The zero-order valence-electron chi connectivity index (χ0n) is 11.3. The minimum absolute atomic E-state index is 0.161. The highest BCUT2D eigenvalue weighted by atomic mass is 32.2. The molecule has 0 fully saturated rings. The van der Waals surface area contributed by atoms with Crippen molar-refractivity contribution in [2.75, 3.05) is 12.4 Å². The van der Waals surface area contributed by atoms with E-state index in [-0.39, 0.29) is 18.0 Å². The molecule has 1 N–H and O–H groups in total. The molecule has 8 nitrogen and oxygen atoms in total. The molecule has 0 saturated carbocycles. The molecule has 0 unspecified atom stereocenters. The van der Waals surface area contributed by atoms with E-state index in [0.29, 0.717) is 5.00 Å². The number of aromatic nitrogens is 2. The number of aromatic hydroxyl groups is 1. The predicted molar refractivity (Wildman–Crippen MR) is 76.8 cm³/mol. The number of esters is 1. The smallest absolute Gasteiger partial charge is 0.363 e. The van der Waals surface area contributed by atoms with Crippen LogP contribution >= 0.6 is 23.3 Å². The number of nitrogens with zero attached hydrogens (tertiary/aromatic N) is 4. The van der Waals surface area contributed by atoms with Crippen molar-refractivity contribution >= 4 is 40.0 Å². The van der Waals surface area contributed by atoms with Crippen molar-refractivity contribution in [2.24, 2.45) is 10.2 Å². The summed E-state index contributed by atoms with van der Waals surface area (Å²) in [5.74, 6) is -0.420. The highest BCUT2D eigenvalue weighted by Gasteiger charge is 2.23. The van der Waals surface area contributed by atoms with Crippen molar-refractivity contribution in [3.8, 4) is 5.95 Å². The van der Waals surface area contributed by atoms with Gasteiger partial charge in [-0.25, -0.2) is 4.79 Å². The van der Waals surface area contributed by atoms with Crippen molar-refractivity contribution in [1.29, 1.82) is 0 Å². The van der Waals surface area contributed by atoms with E-state index in [9.17, 15) is 9.90 Å². The van der Waals surface area contributed by atoms with Crippen LogP contribution in [0, 0.1) is 0 Å². The van der Waals surface area contributed by atoms with Gasteiger partial charge in [-0.15, -0.1) is 22.0 Å². The molecule has 0 amide bonds. The van der Waals surface area contributed by atoms with Crippen LogP contribution in [-0.4, -0.2) is 33.0 Å². The summed E-state index contributed by atoms with van der Waals surface area (Å²) in [7, 11) is 0. The number of carbonyl (C=O) groups is 1. The number of rotatable bonds is 6. The number of thioether (sulfide) groups is 1. The second-order valence-corrected chi connectivity index (χ2v) is 5.61. The van der Waals surface area contributed by atoms with E-state index >= 15 is 0 Å². The highest BCUT2D eigenvalue weighted by molar-refractivity contribution is 7.99. The third kappa shape index (κ3) is 3.79. The number of hydrogen-bond acceptors (Lipinski definition) is 10. The molecule has 0 atom stereocenters. The van der Waals surface area contributed by atoms with Gasteiger partial charge in [0.15, 0.2) is 5.00 Å². The Morgan fingerprint density at radius 3 is 3.05 bits per heavy atom. The van der Waals surface area contributed by atoms with Crippen LogP contribution in [0.5, 0.6) is 5.95 Å². The predicted octanol–water partition coefficient (Wildman–Crippen LogP) is 3.54. The van der Waals surface area contributed by atoms with E-state index < -0.39 is 11.9 Å². The molecule has 10 heteroatoms. The molecule has 0 saturated heterocycles. The molecule has 0 aliphatic carbocycles. The van der Waals surface area contributed by atoms with Gasteiger partial charge in [-0.2, -0.15) is 4.37 Å². The van der Waals surface area contributed by atoms with E-state index in [1.807, 2.05) is 6.92 Å². The number of carbonyl (C=O) groups excluding carboxylic acids is 1. The largest absolute Gasteiger partial charge is 0.478 e. The maximum atomic E-state index is 11.6. The normalized spacial score (nSPS) is 11.1. The molecular weight excluding hydrogens is 316 g/mol. The van der Waals surface area contributed by atoms with Crippen molar-refractivity contribution in [3.05, 3.63) is 11.8 Å². The molecule has 2 heterocycles. The maximum absolute atomic E-state index is 11.6. The van der Waals surface area contributed by atoms with Gasteiger partial charge in [-0.3, -0.25) is 0 Å². The second kappa shape index (κ2) is 7.18. The van der Waals surface area contributed by atoms with Crippen LogP contribution in [0.4, 0.5) is 10.7 Å². The fraction of sp³-hybridized carbons (Fsp3) is 0.364. The molecule has 0 bridgehead atoms. The molecule has 2 rings (SSSR count). The monoisotopic (exact) mass is 328 g/mol. The molecule has 0 aromatic carbocycles. The molecule has 21 heavy (non-hydrogen) atoms. The van der Waals surface area contributed by atoms with Crippen molar-refractivity contribution < 1.29 is 19.2 Å². The van der Waals surface area contributed by atoms with Gasteiger partial charge in [0.1, 0.15) is 5.03 Å². The second-order valence-electron chi connectivity index (χ2n) is 3.54. The van der Waals surface area contributed by atoms with E-state index in [1.165, 1.54) is 0 Å². The number of azo groups is 1. The first-order valence-electron chi connectivity index (χ1n) is 6.02. The Kier molecular flexibility index (Phi) is 5.28. The quantitative estimate of drug-likeness (QED) is 0.490. The molecule has 112 valence electrons. The first kappa shape index (κ1) is 15.4. The summed E-state index contributed by atoms with van der Waals surface area (Å²) in [4.78, 5) is 11.6. The Hall–Kier alpha value is -1.94. The van der Waals surface area contributed by atoms with Crippen LogP contribution in [0.3, 0.4) is 0 Å². The van der Waals surface area contributed by atoms with E-state index in [4.69, 9.17) is 4.74 Å². The van der Waals surface area contributed by atoms with Gasteiger partial charge in [-0.1, -0.05) is 12.1 Å². The maximum Gasteiger partial charge on any atom is 0.363 e. The Morgan fingerprint density at radius 1 is 1.52 bits per heavy atom. The minimum Gasteiger partial charge on any atom is -0.478 e. The molecule has 0 spiro atoms. The Balaban J connectivity index is 2.19. The van der Waals surface area contributed by atoms with Gasteiger partial charge < -0.3 is 14.4 Å². The van der Waals surface area contributed by atoms with Gasteiger partial charge in [0.25, 0.3) is 0 Å². The highest BCUT2D eigenvalue weighted by Crippen LogP contribution is 2.34. The standard InChI is InChI=1S/C11H12N4O4S2/c1-3-18-10(16)9-8(11(17)19-14-9)13-12-6-5-7(15-21-6)20-4-2/h5,17H,3-4H2,1-2H3. The lowest BCUT2D eigenvalue weighted by Gasteiger charge is -1.96. The van der Waals surface area contributed by atoms with Crippen LogP contribution in [0.2, 0.25) is 0 Å². The minimum atomic E-state index is -0.734. The lowest BCUT2D eigenvalue weighted by Crippen LogP contribution is -2.04. The summed E-state index contributed by atoms with van der Waals surface area (Å²) < 4.78 is 13.5. The molecular formula is C11H12N4O4S2. The number of ether oxygens (including phenoxy) is 1. The first-order valence-corrected chi connectivity index (χ1v) is 7.78. The van der Waals surface area contributed by atoms with Crippen LogP contribution in [0.15, 0.2) is 25.8 Å². The zero-order chi connectivity index (χ0) is 15.2. The SMILES string of the molecule is CCOC(=O)c1noc(O)c1N=Nc1cc(SCC)ns1. The Labute approximate surface area is 128 Å². The number of hydrogen-bond donors (Lipinski definition) is 1. The van der Waals surface area contributed by atoms with E-state index in [2.05, 4.69) is 24.3 Å². The lowest BCUT2D eigenvalue weighted by molar-refractivity contribution is 0.0515. The van der Waals surface area contributed by atoms with Gasteiger partial charge in [-0.05, 0) is 24.2 Å². The van der Waals surface area contributed by atoms with Crippen molar-refractivity contribution in [2.45, 2.75) is 18.9 Å². The third-order valence-corrected chi connectivity index (χ3v) is 3.72. The fourth-order valence-electron chi connectivity index (χ4n) is 1.31. The zero-order valence-corrected chi connectivity index (χ0v) is 12.9. The van der Waals surface area contributed by atoms with Crippen LogP contribution in [-0.2, 0) is 4.74 Å². The molecule has 2 aromatic rings. The average molecular weight is 328 g/mol. The summed E-state index contributed by atoms with van der Waals surface area (Å²) >= 11 is 2.74. The summed E-state index contributed by atoms with van der Waals surface area (Å²) in [6.45, 7) is 3.85. The Morgan fingerprint density at radius 2 is 2.33 bits per heavy atom. The summed E-state index contributed by atoms with van der Waals surface area (Å²) in [5.41, 5.74) is -0.377. The molecule has 0 aliphatic heterocycles. The summed E-state index contributed by atoms with van der Waals surface area (Å²) in [5, 5.41) is 22.0. The van der Waals surface area contributed by atoms with Crippen LogP contribution in [0.1, 0.15) is 24.3 Å². The molecule has 0 radical (unpaired) electrons. The van der Waals surface area contributed by atoms with Gasteiger partial charge >= 0.3 is 11.9 Å². The topological polar surface area (TPSA) is 110 Å². The molecule has 2 aromatic heterocycles.